The summed E-state index contributed by atoms with van der Waals surface area (Å²) in [5.74, 6) is 0.814. The Labute approximate surface area is 347 Å². The molecule has 60 heavy (non-hydrogen) atoms. The Hall–Kier alpha value is -6.00. The van der Waals surface area contributed by atoms with Crippen LogP contribution in [0.25, 0.3) is 44.2 Å². The number of hydrogen-bond acceptors (Lipinski definition) is 10. The number of carbonyl (C=O) groups excluding carboxylic acids is 4. The fourth-order valence-corrected chi connectivity index (χ4v) is 8.69. The molecule has 5 aromatic rings. The van der Waals surface area contributed by atoms with E-state index < -0.39 is 30.3 Å². The van der Waals surface area contributed by atoms with E-state index in [9.17, 15) is 19.2 Å². The molecule has 0 aliphatic carbocycles. The van der Waals surface area contributed by atoms with E-state index >= 15 is 0 Å². The maximum atomic E-state index is 14.1. The molecule has 0 spiro atoms. The maximum Gasteiger partial charge on any atom is 0.407 e. The van der Waals surface area contributed by atoms with Crippen molar-refractivity contribution in [1.29, 1.82) is 0 Å². The predicted octanol–water partition coefficient (Wildman–Crippen LogP) is 5.87. The first-order valence-corrected chi connectivity index (χ1v) is 20.7. The van der Waals surface area contributed by atoms with Crippen LogP contribution in [0.15, 0.2) is 60.8 Å². The number of alkyl carbamates (subject to hydrolysis) is 2. The number of nitrogens with one attached hydrogen (secondary N) is 4. The van der Waals surface area contributed by atoms with Gasteiger partial charge >= 0.3 is 12.2 Å². The minimum absolute atomic E-state index is 0.0358. The lowest BCUT2D eigenvalue weighted by Crippen LogP contribution is -2.54. The minimum atomic E-state index is -0.753. The van der Waals surface area contributed by atoms with Gasteiger partial charge in [-0.3, -0.25) is 9.59 Å². The Balaban J connectivity index is 0.984. The van der Waals surface area contributed by atoms with Gasteiger partial charge in [-0.05, 0) is 83.7 Å². The number of methoxy groups -OCH3 is 2. The van der Waals surface area contributed by atoms with Crippen molar-refractivity contribution < 1.29 is 38.1 Å². The lowest BCUT2D eigenvalue weighted by molar-refractivity contribution is -0.143. The largest absolute Gasteiger partial charge is 0.453 e. The molecule has 4 N–H and O–H groups in total. The summed E-state index contributed by atoms with van der Waals surface area (Å²) in [6.07, 6.45) is 3.48. The van der Waals surface area contributed by atoms with E-state index in [2.05, 4.69) is 68.1 Å². The number of benzene rings is 3. The molecule has 2 aromatic heterocycles. The van der Waals surface area contributed by atoms with Crippen molar-refractivity contribution in [2.45, 2.75) is 63.7 Å². The first kappa shape index (κ1) is 40.8. The third-order valence-electron chi connectivity index (χ3n) is 12.0. The highest BCUT2D eigenvalue weighted by Crippen LogP contribution is 2.36. The molecule has 5 heterocycles. The first-order chi connectivity index (χ1) is 29.1. The van der Waals surface area contributed by atoms with Crippen molar-refractivity contribution in [2.75, 3.05) is 53.7 Å². The molecule has 3 aliphatic rings. The first-order valence-electron chi connectivity index (χ1n) is 20.7. The number of rotatable bonds is 10. The summed E-state index contributed by atoms with van der Waals surface area (Å²) in [7, 11) is 2.58. The van der Waals surface area contributed by atoms with Crippen molar-refractivity contribution in [2.24, 2.45) is 11.8 Å². The maximum absolute atomic E-state index is 14.1. The molecule has 16 nitrogen and oxygen atoms in total. The number of likely N-dealkylation sites (tertiary alicyclic amines) is 1. The molecule has 4 amide bonds. The fraction of sp³-hybridized carbons (Fsp3) is 0.455. The number of imidazole rings is 2. The molecule has 3 saturated heterocycles. The van der Waals surface area contributed by atoms with Crippen LogP contribution in [0, 0.1) is 11.8 Å². The number of aromatic amines is 2. The SMILES string of the molecule is COC(=O)N[C@H](C(=O)N1CCOC[C@H]1c1ncc(-c2ccc3cc(-c4ccc5nc([C@@H]6CCCN6C(=O)[C@@H](NC(=O)OC)C6CCOCC6)[nH]c5c4)ccc3c2)[nH]1)C(C)C. The number of carbonyl (C=O) groups is 4. The van der Waals surface area contributed by atoms with Gasteiger partial charge < -0.3 is 49.3 Å². The summed E-state index contributed by atoms with van der Waals surface area (Å²) >= 11 is 0. The summed E-state index contributed by atoms with van der Waals surface area (Å²) < 4.78 is 21.0. The van der Waals surface area contributed by atoms with Gasteiger partial charge in [-0.25, -0.2) is 19.6 Å². The van der Waals surface area contributed by atoms with Crippen molar-refractivity contribution in [3.63, 3.8) is 0 Å². The molecule has 3 aliphatic heterocycles. The lowest BCUT2D eigenvalue weighted by atomic mass is 9.90. The topological polar surface area (TPSA) is 193 Å². The number of H-pyrrole nitrogens is 2. The zero-order valence-electron chi connectivity index (χ0n) is 34.4. The van der Waals surface area contributed by atoms with Gasteiger partial charge in [-0.1, -0.05) is 44.2 Å². The van der Waals surface area contributed by atoms with Gasteiger partial charge in [0, 0.05) is 31.9 Å². The van der Waals surface area contributed by atoms with E-state index in [1.54, 1.807) is 11.1 Å². The second kappa shape index (κ2) is 17.7. The van der Waals surface area contributed by atoms with E-state index in [4.69, 9.17) is 23.9 Å². The Morgan fingerprint density at radius 2 is 1.43 bits per heavy atom. The average Bonchev–Trinajstić information content (AvgIpc) is 4.07. The average molecular weight is 821 g/mol. The summed E-state index contributed by atoms with van der Waals surface area (Å²) in [4.78, 5) is 72.2. The molecular formula is C44H52N8O8. The van der Waals surface area contributed by atoms with E-state index in [1.165, 1.54) is 14.2 Å². The second-order valence-electron chi connectivity index (χ2n) is 16.0. The van der Waals surface area contributed by atoms with Crippen molar-refractivity contribution in [1.82, 2.24) is 40.4 Å². The van der Waals surface area contributed by atoms with Gasteiger partial charge in [0.1, 0.15) is 29.8 Å². The van der Waals surface area contributed by atoms with Crippen LogP contribution in [0.2, 0.25) is 0 Å². The van der Waals surface area contributed by atoms with E-state index in [0.717, 1.165) is 62.9 Å². The zero-order valence-corrected chi connectivity index (χ0v) is 34.4. The third kappa shape index (κ3) is 8.39. The quantitative estimate of drug-likeness (QED) is 0.133. The van der Waals surface area contributed by atoms with E-state index in [-0.39, 0.29) is 36.3 Å². The Bertz CT molecular complexity index is 2370. The number of nitrogens with zero attached hydrogens (tertiary/aromatic N) is 4. The summed E-state index contributed by atoms with van der Waals surface area (Å²) in [5.41, 5.74) is 5.52. The van der Waals surface area contributed by atoms with Crippen molar-refractivity contribution in [3.05, 3.63) is 72.4 Å². The van der Waals surface area contributed by atoms with E-state index in [1.807, 2.05) is 30.9 Å². The summed E-state index contributed by atoms with van der Waals surface area (Å²) in [6.45, 7) is 6.49. The predicted molar refractivity (Wildman–Crippen MR) is 223 cm³/mol. The van der Waals surface area contributed by atoms with Crippen LogP contribution in [-0.2, 0) is 28.5 Å². The van der Waals surface area contributed by atoms with Crippen LogP contribution in [-0.4, -0.2) is 120 Å². The molecule has 316 valence electrons. The van der Waals surface area contributed by atoms with Gasteiger partial charge in [-0.2, -0.15) is 0 Å². The van der Waals surface area contributed by atoms with Crippen molar-refractivity contribution >= 4 is 45.8 Å². The Kier molecular flexibility index (Phi) is 12.0. The fourth-order valence-electron chi connectivity index (χ4n) is 8.69. The molecule has 0 radical (unpaired) electrons. The Morgan fingerprint density at radius 3 is 2.18 bits per heavy atom. The van der Waals surface area contributed by atoms with Crippen LogP contribution in [0.1, 0.15) is 63.3 Å². The highest BCUT2D eigenvalue weighted by atomic mass is 16.5. The number of morpholine rings is 1. The van der Waals surface area contributed by atoms with Crippen LogP contribution in [0.4, 0.5) is 9.59 Å². The summed E-state index contributed by atoms with van der Waals surface area (Å²) in [6, 6.07) is 16.6. The molecule has 4 atom stereocenters. The molecular weight excluding hydrogens is 769 g/mol. The number of ether oxygens (including phenoxy) is 4. The number of hydrogen-bond donors (Lipinski definition) is 4. The zero-order chi connectivity index (χ0) is 41.9. The van der Waals surface area contributed by atoms with Crippen LogP contribution >= 0.6 is 0 Å². The Morgan fingerprint density at radius 1 is 0.750 bits per heavy atom. The van der Waals surface area contributed by atoms with Gasteiger partial charge in [0.2, 0.25) is 11.8 Å². The smallest absolute Gasteiger partial charge is 0.407 e. The third-order valence-corrected chi connectivity index (χ3v) is 12.0. The molecule has 3 aromatic carbocycles. The van der Waals surface area contributed by atoms with Gasteiger partial charge in [0.15, 0.2) is 0 Å². The van der Waals surface area contributed by atoms with Crippen molar-refractivity contribution in [3.8, 4) is 22.4 Å². The van der Waals surface area contributed by atoms with Crippen LogP contribution < -0.4 is 10.6 Å². The number of aromatic nitrogens is 4. The molecule has 0 saturated carbocycles. The highest BCUT2D eigenvalue weighted by Gasteiger charge is 2.40. The van der Waals surface area contributed by atoms with E-state index in [0.29, 0.717) is 51.6 Å². The minimum Gasteiger partial charge on any atom is -0.453 e. The number of fused-ring (bicyclic) bond motifs is 2. The summed E-state index contributed by atoms with van der Waals surface area (Å²) in [5, 5.41) is 7.62. The molecule has 0 unspecified atom stereocenters. The standard InChI is InChI=1S/C44H52N8O8/c1-25(2)37(49-43(55)57-3)41(53)52-16-19-60-24-36(52)39-45-23-34(48-39)31-10-9-27-20-28(7-8-29(27)21-31)30-11-12-32-33(22-30)47-40(46-32)35-6-5-15-51(35)42(54)38(50-44(56)58-4)26-13-17-59-18-14-26/h7-12,20-23,25-26,35-38H,5-6,13-19,24H2,1-4H3,(H,45,48)(H,46,47)(H,49,55)(H,50,56)/t35-,36-,37-,38-/m0/s1. The van der Waals surface area contributed by atoms with Gasteiger partial charge in [0.05, 0.1) is 56.4 Å². The highest BCUT2D eigenvalue weighted by molar-refractivity contribution is 5.92. The molecule has 16 heteroatoms. The van der Waals surface area contributed by atoms with Crippen LogP contribution in [0.5, 0.6) is 0 Å². The monoisotopic (exact) mass is 820 g/mol. The van der Waals surface area contributed by atoms with Gasteiger partial charge in [-0.15, -0.1) is 0 Å². The normalized spacial score (nSPS) is 19.7. The van der Waals surface area contributed by atoms with Gasteiger partial charge in [0.25, 0.3) is 0 Å². The lowest BCUT2D eigenvalue weighted by Gasteiger charge is -2.37. The molecule has 0 bridgehead atoms. The second-order valence-corrected chi connectivity index (χ2v) is 16.0. The molecule has 8 rings (SSSR count). The van der Waals surface area contributed by atoms with Crippen LogP contribution in [0.3, 0.4) is 0 Å². The number of amides is 4. The molecule has 3 fully saturated rings.